The fourth-order valence-electron chi connectivity index (χ4n) is 3.98. The molecule has 1 fully saturated rings. The van der Waals surface area contributed by atoms with Crippen molar-refractivity contribution in [2.75, 3.05) is 34.4 Å². The average Bonchev–Trinajstić information content (AvgIpc) is 3.23. The molecule has 3 rings (SSSR count). The Labute approximate surface area is 178 Å². The number of hydrogen-bond acceptors (Lipinski definition) is 4. The molecular weight excluding hydrogens is 388 g/mol. The summed E-state index contributed by atoms with van der Waals surface area (Å²) < 4.78 is 10.9. The molecule has 6 heteroatoms. The molecule has 0 saturated carbocycles. The minimum Gasteiger partial charge on any atom is -0.497 e. The van der Waals surface area contributed by atoms with E-state index in [0.29, 0.717) is 6.54 Å². The van der Waals surface area contributed by atoms with Crippen molar-refractivity contribution in [3.63, 3.8) is 0 Å². The summed E-state index contributed by atoms with van der Waals surface area (Å²) in [5.41, 5.74) is 2.02. The van der Waals surface area contributed by atoms with E-state index in [1.54, 1.807) is 14.2 Å². The summed E-state index contributed by atoms with van der Waals surface area (Å²) in [5.74, 6) is 1.66. The molecule has 0 spiro atoms. The molecule has 1 heterocycles. The zero-order valence-electron chi connectivity index (χ0n) is 17.5. The van der Waals surface area contributed by atoms with Crippen LogP contribution in [0.2, 0.25) is 5.02 Å². The van der Waals surface area contributed by atoms with Gasteiger partial charge in [-0.2, -0.15) is 0 Å². The SMILES string of the molecule is COc1ccc(OC)c(C2CCCN2C(=O)CN(C)C(C)c2ccccc2Cl)c1. The summed E-state index contributed by atoms with van der Waals surface area (Å²) in [7, 11) is 5.27. The number of halogens is 1. The fraction of sp³-hybridized carbons (Fsp3) is 0.435. The molecule has 1 saturated heterocycles. The molecule has 1 aliphatic heterocycles. The summed E-state index contributed by atoms with van der Waals surface area (Å²) in [6.45, 7) is 3.15. The predicted octanol–water partition coefficient (Wildman–Crippen LogP) is 4.71. The van der Waals surface area contributed by atoms with E-state index in [9.17, 15) is 4.79 Å². The molecule has 5 nitrogen and oxygen atoms in total. The zero-order chi connectivity index (χ0) is 21.0. The van der Waals surface area contributed by atoms with E-state index in [-0.39, 0.29) is 18.0 Å². The molecule has 2 aromatic rings. The second-order valence-corrected chi connectivity index (χ2v) is 7.87. The van der Waals surface area contributed by atoms with E-state index in [4.69, 9.17) is 21.1 Å². The highest BCUT2D eigenvalue weighted by molar-refractivity contribution is 6.31. The van der Waals surface area contributed by atoms with Crippen LogP contribution in [0.3, 0.4) is 0 Å². The molecule has 0 N–H and O–H groups in total. The van der Waals surface area contributed by atoms with E-state index >= 15 is 0 Å². The van der Waals surface area contributed by atoms with Gasteiger partial charge in [0, 0.05) is 23.2 Å². The number of methoxy groups -OCH3 is 2. The molecule has 2 aromatic carbocycles. The van der Waals surface area contributed by atoms with Gasteiger partial charge in [0.1, 0.15) is 11.5 Å². The third kappa shape index (κ3) is 4.68. The van der Waals surface area contributed by atoms with E-state index in [1.807, 2.05) is 59.3 Å². The summed E-state index contributed by atoms with van der Waals surface area (Å²) in [6.07, 6.45) is 1.89. The minimum absolute atomic E-state index is 0.00318. The summed E-state index contributed by atoms with van der Waals surface area (Å²) >= 11 is 6.34. The van der Waals surface area contributed by atoms with Crippen LogP contribution in [0.5, 0.6) is 11.5 Å². The number of rotatable bonds is 7. The van der Waals surface area contributed by atoms with Crippen LogP contribution < -0.4 is 9.47 Å². The van der Waals surface area contributed by atoms with Crippen LogP contribution in [0.25, 0.3) is 0 Å². The first kappa shape index (κ1) is 21.5. The number of likely N-dealkylation sites (N-methyl/N-ethyl adjacent to an activating group) is 1. The van der Waals surface area contributed by atoms with E-state index in [0.717, 1.165) is 47.0 Å². The summed E-state index contributed by atoms with van der Waals surface area (Å²) in [6, 6.07) is 13.6. The van der Waals surface area contributed by atoms with Gasteiger partial charge in [0.2, 0.25) is 5.91 Å². The highest BCUT2D eigenvalue weighted by Crippen LogP contribution is 2.39. The van der Waals surface area contributed by atoms with Crippen LogP contribution in [-0.4, -0.2) is 50.1 Å². The lowest BCUT2D eigenvalue weighted by atomic mass is 10.0. The van der Waals surface area contributed by atoms with Gasteiger partial charge in [-0.15, -0.1) is 0 Å². The van der Waals surface area contributed by atoms with Crippen molar-refractivity contribution in [1.29, 1.82) is 0 Å². The largest absolute Gasteiger partial charge is 0.497 e. The Morgan fingerprint density at radius 1 is 1.24 bits per heavy atom. The number of hydrogen-bond donors (Lipinski definition) is 0. The molecule has 1 amide bonds. The second kappa shape index (κ2) is 9.51. The third-order valence-corrected chi connectivity index (χ3v) is 6.11. The Bertz CT molecular complexity index is 858. The summed E-state index contributed by atoms with van der Waals surface area (Å²) in [5, 5.41) is 0.722. The van der Waals surface area contributed by atoms with Gasteiger partial charge >= 0.3 is 0 Å². The molecule has 2 atom stereocenters. The van der Waals surface area contributed by atoms with Crippen LogP contribution in [0, 0.1) is 0 Å². The lowest BCUT2D eigenvalue weighted by molar-refractivity contribution is -0.133. The van der Waals surface area contributed by atoms with Crippen molar-refractivity contribution in [2.45, 2.75) is 31.8 Å². The Hall–Kier alpha value is -2.24. The van der Waals surface area contributed by atoms with Crippen LogP contribution in [0.1, 0.15) is 43.0 Å². The topological polar surface area (TPSA) is 42.0 Å². The number of nitrogens with zero attached hydrogens (tertiary/aromatic N) is 2. The van der Waals surface area contributed by atoms with Gasteiger partial charge in [0.05, 0.1) is 26.8 Å². The number of benzene rings is 2. The van der Waals surface area contributed by atoms with Gasteiger partial charge < -0.3 is 14.4 Å². The van der Waals surface area contributed by atoms with Gasteiger partial charge in [-0.3, -0.25) is 9.69 Å². The van der Waals surface area contributed by atoms with Crippen molar-refractivity contribution in [2.24, 2.45) is 0 Å². The van der Waals surface area contributed by atoms with Crippen molar-refractivity contribution in [3.05, 3.63) is 58.6 Å². The predicted molar refractivity (Wildman–Crippen MR) is 116 cm³/mol. The molecule has 0 bridgehead atoms. The highest BCUT2D eigenvalue weighted by Gasteiger charge is 2.33. The summed E-state index contributed by atoms with van der Waals surface area (Å²) in [4.78, 5) is 17.2. The number of likely N-dealkylation sites (tertiary alicyclic amines) is 1. The Morgan fingerprint density at radius 2 is 2.00 bits per heavy atom. The number of carbonyl (C=O) groups excluding carboxylic acids is 1. The number of carbonyl (C=O) groups is 1. The molecule has 0 aromatic heterocycles. The van der Waals surface area contributed by atoms with Gasteiger partial charge in [-0.25, -0.2) is 0 Å². The molecule has 156 valence electrons. The Kier molecular flexibility index (Phi) is 7.04. The minimum atomic E-state index is -0.00318. The lowest BCUT2D eigenvalue weighted by Gasteiger charge is -2.31. The second-order valence-electron chi connectivity index (χ2n) is 7.47. The maximum Gasteiger partial charge on any atom is 0.237 e. The normalized spacial score (nSPS) is 17.4. The fourth-order valence-corrected chi connectivity index (χ4v) is 4.27. The van der Waals surface area contributed by atoms with Crippen LogP contribution in [0.4, 0.5) is 0 Å². The zero-order valence-corrected chi connectivity index (χ0v) is 18.3. The van der Waals surface area contributed by atoms with Gasteiger partial charge in [0.15, 0.2) is 0 Å². The Balaban J connectivity index is 1.76. The number of amides is 1. The maximum atomic E-state index is 13.2. The van der Waals surface area contributed by atoms with Crippen molar-refractivity contribution >= 4 is 17.5 Å². The van der Waals surface area contributed by atoms with Crippen LogP contribution in [-0.2, 0) is 4.79 Å². The highest BCUT2D eigenvalue weighted by atomic mass is 35.5. The quantitative estimate of drug-likeness (QED) is 0.655. The molecular formula is C23H29ClN2O3. The molecule has 0 radical (unpaired) electrons. The first-order valence-electron chi connectivity index (χ1n) is 9.92. The molecule has 29 heavy (non-hydrogen) atoms. The maximum absolute atomic E-state index is 13.2. The molecule has 1 aliphatic rings. The smallest absolute Gasteiger partial charge is 0.237 e. The number of ether oxygens (including phenoxy) is 2. The lowest BCUT2D eigenvalue weighted by Crippen LogP contribution is -2.39. The van der Waals surface area contributed by atoms with Crippen molar-refractivity contribution < 1.29 is 14.3 Å². The van der Waals surface area contributed by atoms with Gasteiger partial charge in [-0.05, 0) is 56.6 Å². The molecule has 0 aliphatic carbocycles. The van der Waals surface area contributed by atoms with Crippen LogP contribution in [0.15, 0.2) is 42.5 Å². The Morgan fingerprint density at radius 3 is 2.69 bits per heavy atom. The van der Waals surface area contributed by atoms with Crippen molar-refractivity contribution in [3.8, 4) is 11.5 Å². The third-order valence-electron chi connectivity index (χ3n) is 5.77. The van der Waals surface area contributed by atoms with E-state index in [1.165, 1.54) is 0 Å². The first-order valence-corrected chi connectivity index (χ1v) is 10.3. The van der Waals surface area contributed by atoms with Crippen molar-refractivity contribution in [1.82, 2.24) is 9.80 Å². The molecule has 2 unspecified atom stereocenters. The van der Waals surface area contributed by atoms with E-state index < -0.39 is 0 Å². The van der Waals surface area contributed by atoms with Crippen LogP contribution >= 0.6 is 11.6 Å². The average molecular weight is 417 g/mol. The standard InChI is InChI=1S/C23H29ClN2O3/c1-16(18-8-5-6-9-20(18)24)25(2)15-23(27)26-13-7-10-21(26)19-14-17(28-3)11-12-22(19)29-4/h5-6,8-9,11-12,14,16,21H,7,10,13,15H2,1-4H3. The van der Waals surface area contributed by atoms with Gasteiger partial charge in [-0.1, -0.05) is 29.8 Å². The first-order chi connectivity index (χ1) is 14.0. The van der Waals surface area contributed by atoms with Gasteiger partial charge in [0.25, 0.3) is 0 Å². The van der Waals surface area contributed by atoms with E-state index in [2.05, 4.69) is 6.92 Å². The monoisotopic (exact) mass is 416 g/mol.